The Bertz CT molecular complexity index is 1210. The van der Waals surface area contributed by atoms with Gasteiger partial charge in [-0.1, -0.05) is 18.2 Å². The first-order valence-electron chi connectivity index (χ1n) is 9.67. The maximum atomic E-state index is 12.9. The van der Waals surface area contributed by atoms with Gasteiger partial charge in [0.2, 0.25) is 0 Å². The number of methoxy groups -OCH3 is 2. The molecule has 0 unspecified atom stereocenters. The molecular weight excluding hydrogens is 434 g/mol. The van der Waals surface area contributed by atoms with Gasteiger partial charge in [0.15, 0.2) is 0 Å². The lowest BCUT2D eigenvalue weighted by Crippen LogP contribution is -2.17. The van der Waals surface area contributed by atoms with Crippen LogP contribution in [-0.2, 0) is 14.2 Å². The molecule has 0 saturated heterocycles. The molecule has 9 nitrogen and oxygen atoms in total. The highest BCUT2D eigenvalue weighted by atomic mass is 32.1. The molecule has 0 amide bonds. The quantitative estimate of drug-likeness (QED) is 0.316. The molecule has 2 aromatic heterocycles. The first-order valence-corrected chi connectivity index (χ1v) is 10.5. The number of aromatic amines is 1. The minimum absolute atomic E-state index is 0.0837. The Kier molecular flexibility index (Phi) is 7.39. The maximum Gasteiger partial charge on any atom is 0.348 e. The van der Waals surface area contributed by atoms with Gasteiger partial charge in [-0.05, 0) is 31.5 Å². The third-order valence-corrected chi connectivity index (χ3v) is 5.85. The van der Waals surface area contributed by atoms with Gasteiger partial charge in [-0.3, -0.25) is 9.89 Å². The molecule has 0 atom stereocenters. The van der Waals surface area contributed by atoms with Crippen molar-refractivity contribution < 1.29 is 23.8 Å². The number of aromatic nitrogens is 2. The summed E-state index contributed by atoms with van der Waals surface area (Å²) >= 11 is 0.997. The Hall–Kier alpha value is -3.50. The average Bonchev–Trinajstić information content (AvgIpc) is 3.28. The molecule has 0 fully saturated rings. The van der Waals surface area contributed by atoms with Gasteiger partial charge in [0.05, 0.1) is 25.0 Å². The molecule has 0 bridgehead atoms. The van der Waals surface area contributed by atoms with Crippen LogP contribution in [0.25, 0.3) is 5.69 Å². The lowest BCUT2D eigenvalue weighted by atomic mass is 10.1. The third-order valence-electron chi connectivity index (χ3n) is 4.67. The summed E-state index contributed by atoms with van der Waals surface area (Å²) in [6.07, 6.45) is 1.38. The summed E-state index contributed by atoms with van der Waals surface area (Å²) < 4.78 is 16.3. The zero-order chi connectivity index (χ0) is 23.3. The SMILES string of the molecule is COCCOC(=O)c1sc(N=Cc2c(C)[nH]n(-c3ccccc3)c2=O)c(C(=O)OC)c1C. The van der Waals surface area contributed by atoms with Crippen LogP contribution < -0.4 is 5.56 Å². The normalized spacial score (nSPS) is 11.1. The van der Waals surface area contributed by atoms with Crippen molar-refractivity contribution in [2.75, 3.05) is 27.4 Å². The summed E-state index contributed by atoms with van der Waals surface area (Å²) in [5.41, 5.74) is 1.90. The molecule has 0 aliphatic rings. The van der Waals surface area contributed by atoms with E-state index in [4.69, 9.17) is 14.2 Å². The zero-order valence-corrected chi connectivity index (χ0v) is 18.9. The Balaban J connectivity index is 1.99. The Labute approximate surface area is 188 Å². The number of thiophene rings is 1. The van der Waals surface area contributed by atoms with Crippen molar-refractivity contribution in [3.8, 4) is 5.69 Å². The number of aryl methyl sites for hydroxylation is 1. The Morgan fingerprint density at radius 1 is 1.12 bits per heavy atom. The predicted molar refractivity (Wildman–Crippen MR) is 121 cm³/mol. The van der Waals surface area contributed by atoms with Crippen molar-refractivity contribution in [2.24, 2.45) is 4.99 Å². The van der Waals surface area contributed by atoms with Crippen LogP contribution >= 0.6 is 11.3 Å². The minimum atomic E-state index is -0.630. The number of aliphatic imine (C=N–C) groups is 1. The van der Waals surface area contributed by atoms with E-state index in [-0.39, 0.29) is 34.2 Å². The average molecular weight is 458 g/mol. The van der Waals surface area contributed by atoms with Gasteiger partial charge in [0.25, 0.3) is 5.56 Å². The van der Waals surface area contributed by atoms with Crippen LogP contribution in [0.2, 0.25) is 0 Å². The summed E-state index contributed by atoms with van der Waals surface area (Å²) in [5.74, 6) is -1.21. The molecule has 2 heterocycles. The molecule has 0 saturated carbocycles. The van der Waals surface area contributed by atoms with Crippen LogP contribution in [0.3, 0.4) is 0 Å². The smallest absolute Gasteiger partial charge is 0.348 e. The lowest BCUT2D eigenvalue weighted by molar-refractivity contribution is 0.0393. The van der Waals surface area contributed by atoms with E-state index in [0.29, 0.717) is 22.5 Å². The number of esters is 2. The van der Waals surface area contributed by atoms with E-state index >= 15 is 0 Å². The molecule has 3 aromatic rings. The summed E-state index contributed by atoms with van der Waals surface area (Å²) in [6.45, 7) is 3.71. The summed E-state index contributed by atoms with van der Waals surface area (Å²) in [4.78, 5) is 42.3. The number of carbonyl (C=O) groups excluding carboxylic acids is 2. The topological polar surface area (TPSA) is 112 Å². The fourth-order valence-corrected chi connectivity index (χ4v) is 4.04. The molecule has 1 aromatic carbocycles. The van der Waals surface area contributed by atoms with E-state index < -0.39 is 11.9 Å². The van der Waals surface area contributed by atoms with Crippen molar-refractivity contribution in [3.63, 3.8) is 0 Å². The fourth-order valence-electron chi connectivity index (χ4n) is 3.00. The molecule has 168 valence electrons. The highest BCUT2D eigenvalue weighted by Crippen LogP contribution is 2.36. The van der Waals surface area contributed by atoms with Crippen molar-refractivity contribution in [1.29, 1.82) is 0 Å². The van der Waals surface area contributed by atoms with Gasteiger partial charge < -0.3 is 14.2 Å². The van der Waals surface area contributed by atoms with E-state index in [2.05, 4.69) is 10.1 Å². The first kappa shape index (κ1) is 23.2. The van der Waals surface area contributed by atoms with Crippen molar-refractivity contribution in [1.82, 2.24) is 9.78 Å². The van der Waals surface area contributed by atoms with Gasteiger partial charge >= 0.3 is 11.9 Å². The lowest BCUT2D eigenvalue weighted by Gasteiger charge is -2.03. The highest BCUT2D eigenvalue weighted by molar-refractivity contribution is 7.18. The maximum absolute atomic E-state index is 12.9. The van der Waals surface area contributed by atoms with E-state index in [0.717, 1.165) is 11.3 Å². The Morgan fingerprint density at radius 3 is 2.50 bits per heavy atom. The number of hydrogen-bond acceptors (Lipinski definition) is 8. The summed E-state index contributed by atoms with van der Waals surface area (Å²) in [6, 6.07) is 9.12. The van der Waals surface area contributed by atoms with Crippen LogP contribution in [0.4, 0.5) is 5.00 Å². The first-order chi connectivity index (χ1) is 15.4. The largest absolute Gasteiger partial charge is 0.465 e. The van der Waals surface area contributed by atoms with E-state index in [9.17, 15) is 14.4 Å². The second-order valence-electron chi connectivity index (χ2n) is 6.74. The highest BCUT2D eigenvalue weighted by Gasteiger charge is 2.26. The predicted octanol–water partition coefficient (Wildman–Crippen LogP) is 3.18. The number of para-hydroxylation sites is 1. The molecule has 32 heavy (non-hydrogen) atoms. The monoisotopic (exact) mass is 457 g/mol. The number of nitrogens with one attached hydrogen (secondary N) is 1. The number of benzene rings is 1. The number of carbonyl (C=O) groups is 2. The van der Waals surface area contributed by atoms with Crippen molar-refractivity contribution in [3.05, 3.63) is 67.9 Å². The number of rotatable bonds is 8. The van der Waals surface area contributed by atoms with Crippen LogP contribution in [0.5, 0.6) is 0 Å². The molecule has 0 spiro atoms. The van der Waals surface area contributed by atoms with Gasteiger partial charge in [0.1, 0.15) is 22.0 Å². The minimum Gasteiger partial charge on any atom is -0.465 e. The molecule has 1 N–H and O–H groups in total. The Morgan fingerprint density at radius 2 is 1.84 bits per heavy atom. The number of nitrogens with zero attached hydrogens (tertiary/aromatic N) is 2. The molecule has 3 rings (SSSR count). The van der Waals surface area contributed by atoms with Crippen LogP contribution in [0, 0.1) is 13.8 Å². The number of ether oxygens (including phenoxy) is 3. The van der Waals surface area contributed by atoms with Crippen LogP contribution in [-0.4, -0.2) is 55.4 Å². The molecule has 10 heteroatoms. The van der Waals surface area contributed by atoms with E-state index in [1.165, 1.54) is 25.1 Å². The molecule has 0 radical (unpaired) electrons. The number of hydrogen-bond donors (Lipinski definition) is 1. The van der Waals surface area contributed by atoms with Crippen molar-refractivity contribution >= 4 is 34.5 Å². The molecular formula is C22H23N3O6S. The third kappa shape index (κ3) is 4.71. The summed E-state index contributed by atoms with van der Waals surface area (Å²) in [5, 5.41) is 3.27. The fraction of sp³-hybridized carbons (Fsp3) is 0.273. The van der Waals surface area contributed by atoms with E-state index in [1.807, 2.05) is 18.2 Å². The standard InChI is InChI=1S/C22H23N3O6S/c1-13-17(21(27)30-4)19(32-18(13)22(28)31-11-10-29-3)23-12-16-14(2)24-25(20(16)26)15-8-6-5-7-9-15/h5-9,12,24H,10-11H2,1-4H3. The summed E-state index contributed by atoms with van der Waals surface area (Å²) in [7, 11) is 2.75. The van der Waals surface area contributed by atoms with E-state index in [1.54, 1.807) is 26.0 Å². The van der Waals surface area contributed by atoms with Gasteiger partial charge in [-0.15, -0.1) is 11.3 Å². The van der Waals surface area contributed by atoms with Gasteiger partial charge in [-0.2, -0.15) is 0 Å². The molecule has 0 aliphatic heterocycles. The number of H-pyrrole nitrogens is 1. The van der Waals surface area contributed by atoms with Gasteiger partial charge in [0, 0.05) is 19.0 Å². The van der Waals surface area contributed by atoms with Crippen LogP contribution in [0.1, 0.15) is 36.9 Å². The second-order valence-corrected chi connectivity index (χ2v) is 7.74. The van der Waals surface area contributed by atoms with Crippen LogP contribution in [0.15, 0.2) is 40.1 Å². The van der Waals surface area contributed by atoms with Gasteiger partial charge in [-0.25, -0.2) is 19.3 Å². The second kappa shape index (κ2) is 10.2. The van der Waals surface area contributed by atoms with Crippen molar-refractivity contribution in [2.45, 2.75) is 13.8 Å². The zero-order valence-electron chi connectivity index (χ0n) is 18.1. The molecule has 0 aliphatic carbocycles.